The number of hydrogen-bond acceptors (Lipinski definition) is 5. The largest absolute Gasteiger partial charge is 0.478 e. The molecule has 6 nitrogen and oxygen atoms in total. The summed E-state index contributed by atoms with van der Waals surface area (Å²) in [6, 6.07) is 9.55. The van der Waals surface area contributed by atoms with E-state index in [0.717, 1.165) is 18.4 Å². The van der Waals surface area contributed by atoms with E-state index in [4.69, 9.17) is 14.6 Å². The first kappa shape index (κ1) is 27.8. The predicted molar refractivity (Wildman–Crippen MR) is 121 cm³/mol. The average molecular weight is 431 g/mol. The summed E-state index contributed by atoms with van der Waals surface area (Å²) >= 11 is 0. The number of benzene rings is 1. The molecule has 1 aromatic carbocycles. The van der Waals surface area contributed by atoms with Gasteiger partial charge in [-0.2, -0.15) is 0 Å². The van der Waals surface area contributed by atoms with Gasteiger partial charge < -0.3 is 14.6 Å². The quantitative estimate of drug-likeness (QED) is 0.481. The molecule has 2 rings (SSSR count). The van der Waals surface area contributed by atoms with Gasteiger partial charge in [0.25, 0.3) is 0 Å². The summed E-state index contributed by atoms with van der Waals surface area (Å²) in [7, 11) is 0. The molecule has 1 N–H and O–H groups in total. The second kappa shape index (κ2) is 15.7. The van der Waals surface area contributed by atoms with Gasteiger partial charge in [0.2, 0.25) is 0 Å². The highest BCUT2D eigenvalue weighted by Crippen LogP contribution is 2.20. The lowest BCUT2D eigenvalue weighted by Crippen LogP contribution is -2.20. The molecule has 0 unspecified atom stereocenters. The van der Waals surface area contributed by atoms with Crippen LogP contribution in [-0.2, 0) is 30.5 Å². The maximum atomic E-state index is 11.1. The zero-order chi connectivity index (χ0) is 23.8. The molecule has 1 fully saturated rings. The second-order valence-electron chi connectivity index (χ2n) is 7.37. The Morgan fingerprint density at radius 3 is 1.77 bits per heavy atom. The van der Waals surface area contributed by atoms with Crippen LogP contribution in [-0.4, -0.2) is 29.1 Å². The Morgan fingerprint density at radius 1 is 0.871 bits per heavy atom. The van der Waals surface area contributed by atoms with E-state index in [0.29, 0.717) is 17.8 Å². The van der Waals surface area contributed by atoms with Gasteiger partial charge >= 0.3 is 17.9 Å². The van der Waals surface area contributed by atoms with Gasteiger partial charge in [0.15, 0.2) is 0 Å². The van der Waals surface area contributed by atoms with Gasteiger partial charge in [0, 0.05) is 16.7 Å². The maximum absolute atomic E-state index is 11.1. The molecule has 6 heteroatoms. The van der Waals surface area contributed by atoms with Crippen molar-refractivity contribution in [2.45, 2.75) is 65.6 Å². The number of carboxylic acids is 1. The summed E-state index contributed by atoms with van der Waals surface area (Å²) in [6.07, 6.45) is 5.87. The minimum absolute atomic E-state index is 0.156. The molecular weight excluding hydrogens is 396 g/mol. The lowest BCUT2D eigenvalue weighted by Gasteiger charge is -2.21. The third-order valence-corrected chi connectivity index (χ3v) is 4.10. The number of aliphatic carboxylic acids is 1. The van der Waals surface area contributed by atoms with Crippen molar-refractivity contribution in [1.29, 1.82) is 0 Å². The average Bonchev–Trinajstić information content (AvgIpc) is 2.74. The third-order valence-electron chi connectivity index (χ3n) is 4.10. The fraction of sp³-hybridized carbons (Fsp3) is 0.400. The van der Waals surface area contributed by atoms with Crippen LogP contribution in [0.1, 0.15) is 58.4 Å². The molecule has 1 aliphatic carbocycles. The van der Waals surface area contributed by atoms with Crippen molar-refractivity contribution >= 4 is 17.9 Å². The molecule has 0 bridgehead atoms. The maximum Gasteiger partial charge on any atom is 0.333 e. The van der Waals surface area contributed by atoms with E-state index >= 15 is 0 Å². The lowest BCUT2D eigenvalue weighted by molar-refractivity contribution is -0.145. The topological polar surface area (TPSA) is 89.9 Å². The predicted octanol–water partition coefficient (Wildman–Crippen LogP) is 5.39. The van der Waals surface area contributed by atoms with Crippen LogP contribution in [0.25, 0.3) is 0 Å². The normalized spacial score (nSPS) is 12.6. The van der Waals surface area contributed by atoms with Gasteiger partial charge in [0.05, 0.1) is 0 Å². The molecule has 170 valence electrons. The van der Waals surface area contributed by atoms with E-state index in [1.54, 1.807) is 13.8 Å². The zero-order valence-corrected chi connectivity index (χ0v) is 18.8. The third kappa shape index (κ3) is 14.5. The van der Waals surface area contributed by atoms with Crippen molar-refractivity contribution in [3.63, 3.8) is 0 Å². The van der Waals surface area contributed by atoms with E-state index in [2.05, 4.69) is 19.7 Å². The Morgan fingerprint density at radius 2 is 1.35 bits per heavy atom. The van der Waals surface area contributed by atoms with E-state index in [1.807, 2.05) is 30.3 Å². The summed E-state index contributed by atoms with van der Waals surface area (Å²) in [5, 5.41) is 7.89. The number of esters is 2. The van der Waals surface area contributed by atoms with Crippen LogP contribution in [0.2, 0.25) is 0 Å². The Labute approximate surface area is 185 Å². The molecule has 0 radical (unpaired) electrons. The molecule has 0 aromatic heterocycles. The monoisotopic (exact) mass is 430 g/mol. The summed E-state index contributed by atoms with van der Waals surface area (Å²) in [5.74, 6) is -1.51. The first-order chi connectivity index (χ1) is 14.5. The molecule has 1 aliphatic rings. The second-order valence-corrected chi connectivity index (χ2v) is 7.37. The van der Waals surface area contributed by atoms with Gasteiger partial charge in [-0.3, -0.25) is 0 Å². The van der Waals surface area contributed by atoms with Crippen molar-refractivity contribution in [3.8, 4) is 0 Å². The molecule has 0 atom stereocenters. The molecule has 0 amide bonds. The highest BCUT2D eigenvalue weighted by Gasteiger charge is 2.17. The minimum Gasteiger partial charge on any atom is -0.478 e. The summed E-state index contributed by atoms with van der Waals surface area (Å²) in [6.45, 7) is 15.3. The molecule has 0 saturated heterocycles. The Hall–Kier alpha value is -3.15. The molecule has 0 spiro atoms. The van der Waals surface area contributed by atoms with Crippen molar-refractivity contribution in [2.75, 3.05) is 0 Å². The first-order valence-electron chi connectivity index (χ1n) is 10.2. The molecular formula is C25H34O6. The number of carboxylic acid groups (broad SMARTS) is 1. The fourth-order valence-electron chi connectivity index (χ4n) is 2.28. The number of carbonyl (C=O) groups excluding carboxylic acids is 2. The standard InChI is InChI=1S/C11H12O2.C10H16O2.C4H6O2/c1-9(2)11(12)13-8-10-6-4-3-5-7-10;1-8(2)10(11)12-9-6-4-3-5-7-9;1-3(2)4(5)6/h3-7H,1,8H2,2H3;9H,1,3-7H2,2H3;1H2,2H3,(H,5,6). The molecule has 1 saturated carbocycles. The highest BCUT2D eigenvalue weighted by atomic mass is 16.5. The highest BCUT2D eigenvalue weighted by molar-refractivity contribution is 5.87. The van der Waals surface area contributed by atoms with Crippen LogP contribution in [0.15, 0.2) is 66.8 Å². The van der Waals surface area contributed by atoms with Crippen LogP contribution in [0, 0.1) is 0 Å². The van der Waals surface area contributed by atoms with Gasteiger partial charge in [-0.1, -0.05) is 56.5 Å². The zero-order valence-electron chi connectivity index (χ0n) is 18.8. The fourth-order valence-corrected chi connectivity index (χ4v) is 2.28. The van der Waals surface area contributed by atoms with Crippen LogP contribution in [0.4, 0.5) is 0 Å². The van der Waals surface area contributed by atoms with Crippen molar-refractivity contribution < 1.29 is 29.0 Å². The summed E-state index contributed by atoms with van der Waals surface area (Å²) in [4.78, 5) is 31.7. The van der Waals surface area contributed by atoms with Gasteiger partial charge in [0.1, 0.15) is 12.7 Å². The molecule has 1 aromatic rings. The summed E-state index contributed by atoms with van der Waals surface area (Å²) < 4.78 is 10.2. The molecule has 0 aliphatic heterocycles. The van der Waals surface area contributed by atoms with E-state index in [-0.39, 0.29) is 23.6 Å². The van der Waals surface area contributed by atoms with Crippen LogP contribution >= 0.6 is 0 Å². The Bertz CT molecular complexity index is 745. The summed E-state index contributed by atoms with van der Waals surface area (Å²) in [5.41, 5.74) is 2.09. The number of carbonyl (C=O) groups is 3. The van der Waals surface area contributed by atoms with E-state index in [1.165, 1.54) is 26.2 Å². The van der Waals surface area contributed by atoms with Crippen LogP contribution in [0.3, 0.4) is 0 Å². The van der Waals surface area contributed by atoms with Crippen molar-refractivity contribution in [1.82, 2.24) is 0 Å². The van der Waals surface area contributed by atoms with Gasteiger partial charge in [-0.05, 0) is 52.0 Å². The Kier molecular flexibility index (Phi) is 14.1. The van der Waals surface area contributed by atoms with Crippen LogP contribution < -0.4 is 0 Å². The van der Waals surface area contributed by atoms with Gasteiger partial charge in [-0.15, -0.1) is 0 Å². The molecule has 31 heavy (non-hydrogen) atoms. The Balaban J connectivity index is 0.000000466. The van der Waals surface area contributed by atoms with Crippen LogP contribution in [0.5, 0.6) is 0 Å². The SMILES string of the molecule is C=C(C)C(=O)O.C=C(C)C(=O)OC1CCCCC1.C=C(C)C(=O)OCc1ccccc1. The number of ether oxygens (including phenoxy) is 2. The van der Waals surface area contributed by atoms with Crippen molar-refractivity contribution in [2.24, 2.45) is 0 Å². The smallest absolute Gasteiger partial charge is 0.333 e. The van der Waals surface area contributed by atoms with Crippen molar-refractivity contribution in [3.05, 3.63) is 72.4 Å². The number of hydrogen-bond donors (Lipinski definition) is 1. The van der Waals surface area contributed by atoms with E-state index < -0.39 is 5.97 Å². The number of rotatable bonds is 6. The molecule has 0 heterocycles. The minimum atomic E-state index is -0.935. The first-order valence-corrected chi connectivity index (χ1v) is 10.2. The van der Waals surface area contributed by atoms with E-state index in [9.17, 15) is 14.4 Å². The van der Waals surface area contributed by atoms with Gasteiger partial charge in [-0.25, -0.2) is 14.4 Å². The lowest BCUT2D eigenvalue weighted by atomic mass is 9.98.